The summed E-state index contributed by atoms with van der Waals surface area (Å²) in [6, 6.07) is 22.0. The van der Waals surface area contributed by atoms with E-state index < -0.39 is 8.40 Å². The third-order valence-corrected chi connectivity index (χ3v) is 12.3. The average Bonchev–Trinajstić information content (AvgIpc) is 2.99. The molecule has 29 heavy (non-hydrogen) atoms. The molecule has 3 rings (SSSR count). The lowest BCUT2D eigenvalue weighted by atomic mass is 9.92. The van der Waals surface area contributed by atoms with Gasteiger partial charge in [-0.05, 0) is 72.7 Å². The van der Waals surface area contributed by atoms with E-state index in [2.05, 4.69) is 111 Å². The third kappa shape index (κ3) is 3.46. The Morgan fingerprint density at radius 3 is 1.14 bits per heavy atom. The van der Waals surface area contributed by atoms with Gasteiger partial charge in [0.1, 0.15) is 0 Å². The molecule has 0 aliphatic carbocycles. The lowest BCUT2D eigenvalue weighted by Gasteiger charge is -2.48. The maximum atomic E-state index is 2.78. The van der Waals surface area contributed by atoms with Gasteiger partial charge in [0.15, 0.2) is 0 Å². The zero-order valence-electron chi connectivity index (χ0n) is 19.0. The van der Waals surface area contributed by atoms with Crippen LogP contribution >= 0.6 is 0 Å². The number of nitrogens with zero attached hydrogens (tertiary/aromatic N) is 2. The van der Waals surface area contributed by atoms with Gasteiger partial charge in [0.2, 0.25) is 0 Å². The fourth-order valence-corrected chi connectivity index (χ4v) is 11.4. The topological polar surface area (TPSA) is 6.48 Å². The van der Waals surface area contributed by atoms with Gasteiger partial charge in [0.25, 0.3) is 8.40 Å². The van der Waals surface area contributed by atoms with Crippen LogP contribution in [0.4, 0.5) is 0 Å². The minimum absolute atomic E-state index is 1.08. The lowest BCUT2D eigenvalue weighted by molar-refractivity contribution is 0.365. The first-order valence-electron chi connectivity index (χ1n) is 11.1. The molecule has 1 aliphatic rings. The van der Waals surface area contributed by atoms with Gasteiger partial charge in [-0.3, -0.25) is 0 Å². The van der Waals surface area contributed by atoms with Crippen molar-refractivity contribution < 1.29 is 0 Å². The molecule has 0 bridgehead atoms. The van der Waals surface area contributed by atoms with Gasteiger partial charge in [-0.1, -0.05) is 88.4 Å². The van der Waals surface area contributed by atoms with E-state index in [0.717, 1.165) is 26.2 Å². The fraction of sp³-hybridized carbons (Fsp3) is 0.385. The summed E-state index contributed by atoms with van der Waals surface area (Å²) in [7, 11) is -2.16. The second-order valence-electron chi connectivity index (χ2n) is 7.75. The molecule has 0 aromatic heterocycles. The second-order valence-corrected chi connectivity index (χ2v) is 11.9. The molecule has 2 aromatic rings. The zero-order chi connectivity index (χ0) is 21.0. The Hall–Kier alpha value is -1.94. The van der Waals surface area contributed by atoms with E-state index in [1.54, 1.807) is 10.4 Å². The molecule has 0 spiro atoms. The Morgan fingerprint density at radius 2 is 0.862 bits per heavy atom. The zero-order valence-corrected chi connectivity index (χ0v) is 20.0. The fourth-order valence-electron chi connectivity index (χ4n) is 5.45. The summed E-state index contributed by atoms with van der Waals surface area (Å²) in [5, 5.41) is 3.18. The molecule has 0 saturated carbocycles. The van der Waals surface area contributed by atoms with Crippen LogP contribution in [-0.4, -0.2) is 43.7 Å². The predicted molar refractivity (Wildman–Crippen MR) is 130 cm³/mol. The highest BCUT2D eigenvalue weighted by atomic mass is 28.3. The first-order valence-corrected chi connectivity index (χ1v) is 13.0. The molecule has 0 radical (unpaired) electrons. The lowest BCUT2D eigenvalue weighted by Crippen LogP contribution is -2.67. The molecular formula is C26H36N2Si. The van der Waals surface area contributed by atoms with Crippen molar-refractivity contribution in [3.8, 4) is 0 Å². The molecule has 0 saturated heterocycles. The molecule has 0 fully saturated rings. The van der Waals surface area contributed by atoms with Gasteiger partial charge in [-0.25, -0.2) is 0 Å². The first-order chi connectivity index (χ1) is 14.1. The normalized spacial score (nSPS) is 16.4. The van der Waals surface area contributed by atoms with Crippen molar-refractivity contribution in [2.24, 2.45) is 0 Å². The van der Waals surface area contributed by atoms with Crippen LogP contribution in [0.5, 0.6) is 0 Å². The molecule has 0 unspecified atom stereocenters. The van der Waals surface area contributed by atoms with Crippen molar-refractivity contribution in [3.63, 3.8) is 0 Å². The maximum Gasteiger partial charge on any atom is 0.265 e. The molecule has 0 N–H and O–H groups in total. The average molecular weight is 405 g/mol. The number of allylic oxidation sites excluding steroid dienone is 4. The molecule has 2 aromatic carbocycles. The summed E-state index contributed by atoms with van der Waals surface area (Å²) in [5.41, 5.74) is 5.60. The molecule has 154 valence electrons. The molecule has 2 nitrogen and oxygen atoms in total. The summed E-state index contributed by atoms with van der Waals surface area (Å²) < 4.78 is 5.56. The quantitative estimate of drug-likeness (QED) is 0.487. The van der Waals surface area contributed by atoms with Crippen LogP contribution in [0.15, 0.2) is 71.1 Å². The number of rotatable bonds is 8. The molecule has 1 aliphatic heterocycles. The van der Waals surface area contributed by atoms with Crippen molar-refractivity contribution in [2.75, 3.05) is 26.2 Å². The predicted octanol–water partition coefficient (Wildman–Crippen LogP) is 6.15. The number of hydrogen-bond acceptors (Lipinski definition) is 2. The van der Waals surface area contributed by atoms with E-state index in [0.29, 0.717) is 0 Å². The van der Waals surface area contributed by atoms with Crippen LogP contribution in [0.3, 0.4) is 0 Å². The van der Waals surface area contributed by atoms with Crippen LogP contribution in [0, 0.1) is 0 Å². The highest BCUT2D eigenvalue weighted by Crippen LogP contribution is 2.50. The van der Waals surface area contributed by atoms with Gasteiger partial charge in [-0.2, -0.15) is 0 Å². The molecule has 0 atom stereocenters. The Morgan fingerprint density at radius 1 is 0.552 bits per heavy atom. The standard InChI is InChI=1S/C26H36N2Si/c1-7-27(8-2)29(28(9-3)10-4)21(5)25(23-17-13-11-14-18-23)26(22(29)6)24-19-15-12-16-20-24/h11-20H,7-10H2,1-6H3. The Labute approximate surface area is 178 Å². The van der Waals surface area contributed by atoms with E-state index in [1.165, 1.54) is 22.3 Å². The van der Waals surface area contributed by atoms with Crippen LogP contribution in [0.25, 0.3) is 11.1 Å². The Kier molecular flexibility index (Phi) is 6.94. The summed E-state index contributed by atoms with van der Waals surface area (Å²) in [6.45, 7) is 18.5. The molecule has 1 heterocycles. The minimum atomic E-state index is -2.16. The highest BCUT2D eigenvalue weighted by Gasteiger charge is 2.53. The van der Waals surface area contributed by atoms with E-state index in [1.807, 2.05) is 0 Å². The van der Waals surface area contributed by atoms with Crippen molar-refractivity contribution in [1.82, 2.24) is 9.13 Å². The summed E-state index contributed by atoms with van der Waals surface area (Å²) >= 11 is 0. The second kappa shape index (κ2) is 9.25. The molecule has 3 heteroatoms. The smallest absolute Gasteiger partial charge is 0.265 e. The number of benzene rings is 2. The SMILES string of the molecule is CCN(CC)[Si]1(N(CC)CC)C(C)=C(c2ccccc2)C(c2ccccc2)=C1C. The van der Waals surface area contributed by atoms with Gasteiger partial charge >= 0.3 is 0 Å². The van der Waals surface area contributed by atoms with E-state index in [9.17, 15) is 0 Å². The van der Waals surface area contributed by atoms with Crippen molar-refractivity contribution >= 4 is 19.5 Å². The highest BCUT2D eigenvalue weighted by molar-refractivity contribution is 6.92. The van der Waals surface area contributed by atoms with Crippen molar-refractivity contribution in [1.29, 1.82) is 0 Å². The Bertz CT molecular complexity index is 800. The van der Waals surface area contributed by atoms with E-state index >= 15 is 0 Å². The molecular weight excluding hydrogens is 368 g/mol. The van der Waals surface area contributed by atoms with Crippen LogP contribution in [0.2, 0.25) is 0 Å². The van der Waals surface area contributed by atoms with Gasteiger partial charge in [-0.15, -0.1) is 0 Å². The van der Waals surface area contributed by atoms with E-state index in [-0.39, 0.29) is 0 Å². The number of hydrogen-bond donors (Lipinski definition) is 0. The summed E-state index contributed by atoms with van der Waals surface area (Å²) in [5.74, 6) is 0. The Balaban J connectivity index is 2.41. The van der Waals surface area contributed by atoms with Crippen molar-refractivity contribution in [3.05, 3.63) is 82.2 Å². The minimum Gasteiger partial charge on any atom is -0.305 e. The van der Waals surface area contributed by atoms with E-state index in [4.69, 9.17) is 0 Å². The van der Waals surface area contributed by atoms with Crippen LogP contribution < -0.4 is 0 Å². The monoisotopic (exact) mass is 404 g/mol. The maximum absolute atomic E-state index is 2.78. The summed E-state index contributed by atoms with van der Waals surface area (Å²) in [6.07, 6.45) is 0. The van der Waals surface area contributed by atoms with Gasteiger partial charge in [0.05, 0.1) is 0 Å². The van der Waals surface area contributed by atoms with Crippen LogP contribution in [-0.2, 0) is 0 Å². The first kappa shape index (κ1) is 21.8. The third-order valence-electron chi connectivity index (χ3n) is 6.61. The van der Waals surface area contributed by atoms with Crippen molar-refractivity contribution in [2.45, 2.75) is 41.5 Å². The van der Waals surface area contributed by atoms with Gasteiger partial charge < -0.3 is 9.13 Å². The largest absolute Gasteiger partial charge is 0.305 e. The van der Waals surface area contributed by atoms with Gasteiger partial charge in [0, 0.05) is 0 Å². The van der Waals surface area contributed by atoms with Crippen LogP contribution in [0.1, 0.15) is 52.7 Å². The summed E-state index contributed by atoms with van der Waals surface area (Å²) in [4.78, 5) is 0. The molecule has 0 amide bonds.